The van der Waals surface area contributed by atoms with Gasteiger partial charge >= 0.3 is 0 Å². The predicted octanol–water partition coefficient (Wildman–Crippen LogP) is 4.69. The van der Waals surface area contributed by atoms with Crippen molar-refractivity contribution in [2.24, 2.45) is 0 Å². The van der Waals surface area contributed by atoms with Gasteiger partial charge in [0, 0.05) is 11.4 Å². The van der Waals surface area contributed by atoms with E-state index in [9.17, 15) is 0 Å². The Morgan fingerprint density at radius 2 is 0.826 bits per heavy atom. The largest absolute Gasteiger partial charge is 0.399 e. The van der Waals surface area contributed by atoms with Crippen LogP contribution >= 0.6 is 0 Å². The van der Waals surface area contributed by atoms with E-state index in [1.807, 2.05) is 0 Å². The van der Waals surface area contributed by atoms with Gasteiger partial charge in [-0.3, -0.25) is 0 Å². The molecule has 0 unspecified atom stereocenters. The minimum absolute atomic E-state index is 0.881. The van der Waals surface area contributed by atoms with E-state index in [2.05, 4.69) is 52.0 Å². The van der Waals surface area contributed by atoms with Gasteiger partial charge in [0.05, 0.1) is 0 Å². The molecule has 0 spiro atoms. The SMILES string of the molecule is CCc1cc(N)cc(CC)c1Cc1c(CC)cc(N)cc1CC. The fourth-order valence-corrected chi connectivity index (χ4v) is 3.54. The molecule has 0 heterocycles. The van der Waals surface area contributed by atoms with Crippen LogP contribution in [0.15, 0.2) is 24.3 Å². The molecule has 2 aromatic carbocycles. The second kappa shape index (κ2) is 7.54. The van der Waals surface area contributed by atoms with Gasteiger partial charge in [0.1, 0.15) is 0 Å². The lowest BCUT2D eigenvalue weighted by molar-refractivity contribution is 0.957. The second-order valence-corrected chi connectivity index (χ2v) is 6.23. The van der Waals surface area contributed by atoms with Gasteiger partial charge in [0.2, 0.25) is 0 Å². The molecule has 0 aromatic heterocycles. The number of anilines is 2. The number of hydrogen-bond acceptors (Lipinski definition) is 2. The standard InChI is InChI=1S/C21H30N2/c1-5-14-9-18(22)10-15(6-2)20(14)13-21-16(7-3)11-19(23)12-17(21)8-4/h9-12H,5-8,13,22-23H2,1-4H3. The highest BCUT2D eigenvalue weighted by Crippen LogP contribution is 2.28. The van der Waals surface area contributed by atoms with Crippen LogP contribution < -0.4 is 11.5 Å². The third-order valence-electron chi connectivity index (χ3n) is 4.79. The smallest absolute Gasteiger partial charge is 0.0319 e. The molecule has 2 heteroatoms. The molecule has 0 fully saturated rings. The van der Waals surface area contributed by atoms with E-state index in [0.29, 0.717) is 0 Å². The van der Waals surface area contributed by atoms with Crippen molar-refractivity contribution in [3.63, 3.8) is 0 Å². The van der Waals surface area contributed by atoms with E-state index < -0.39 is 0 Å². The second-order valence-electron chi connectivity index (χ2n) is 6.23. The monoisotopic (exact) mass is 310 g/mol. The number of rotatable bonds is 6. The summed E-state index contributed by atoms with van der Waals surface area (Å²) in [6.45, 7) is 8.84. The molecule has 0 bridgehead atoms. The van der Waals surface area contributed by atoms with Crippen LogP contribution in [-0.4, -0.2) is 0 Å². The summed E-state index contributed by atoms with van der Waals surface area (Å²) in [6, 6.07) is 8.57. The predicted molar refractivity (Wildman–Crippen MR) is 102 cm³/mol. The molecule has 2 rings (SSSR count). The Hall–Kier alpha value is -1.96. The highest BCUT2D eigenvalue weighted by molar-refractivity contribution is 5.55. The average Bonchev–Trinajstić information content (AvgIpc) is 2.56. The van der Waals surface area contributed by atoms with Crippen molar-refractivity contribution < 1.29 is 0 Å². The number of hydrogen-bond donors (Lipinski definition) is 2. The normalized spacial score (nSPS) is 11.0. The van der Waals surface area contributed by atoms with E-state index in [0.717, 1.165) is 43.5 Å². The van der Waals surface area contributed by atoms with Gasteiger partial charge in [0.25, 0.3) is 0 Å². The molecule has 0 aliphatic heterocycles. The first-order valence-electron chi connectivity index (χ1n) is 8.84. The molecule has 0 saturated heterocycles. The topological polar surface area (TPSA) is 52.0 Å². The van der Waals surface area contributed by atoms with Crippen LogP contribution in [0, 0.1) is 0 Å². The van der Waals surface area contributed by atoms with Crippen LogP contribution in [0.1, 0.15) is 61.1 Å². The maximum atomic E-state index is 6.09. The summed E-state index contributed by atoms with van der Waals surface area (Å²) in [5.41, 5.74) is 22.4. The first-order valence-corrected chi connectivity index (χ1v) is 8.84. The van der Waals surface area contributed by atoms with Crippen LogP contribution in [-0.2, 0) is 32.1 Å². The summed E-state index contributed by atoms with van der Waals surface area (Å²) < 4.78 is 0. The minimum Gasteiger partial charge on any atom is -0.399 e. The van der Waals surface area contributed by atoms with Crippen LogP contribution in [0.2, 0.25) is 0 Å². The lowest BCUT2D eigenvalue weighted by Gasteiger charge is -2.19. The first-order chi connectivity index (χ1) is 11.0. The number of benzene rings is 2. The molecule has 0 aliphatic rings. The average molecular weight is 310 g/mol. The molecule has 0 radical (unpaired) electrons. The molecule has 2 nitrogen and oxygen atoms in total. The molecule has 0 amide bonds. The van der Waals surface area contributed by atoms with Crippen molar-refractivity contribution in [2.45, 2.75) is 59.8 Å². The van der Waals surface area contributed by atoms with E-state index in [-0.39, 0.29) is 0 Å². The molecule has 124 valence electrons. The zero-order chi connectivity index (χ0) is 17.0. The Kier molecular flexibility index (Phi) is 5.70. The maximum absolute atomic E-state index is 6.09. The van der Waals surface area contributed by atoms with Crippen molar-refractivity contribution in [3.8, 4) is 0 Å². The van der Waals surface area contributed by atoms with E-state index in [4.69, 9.17) is 11.5 Å². The third-order valence-corrected chi connectivity index (χ3v) is 4.79. The maximum Gasteiger partial charge on any atom is 0.0319 e. The van der Waals surface area contributed by atoms with Crippen LogP contribution in [0.5, 0.6) is 0 Å². The number of nitrogens with two attached hydrogens (primary N) is 2. The van der Waals surface area contributed by atoms with Gasteiger partial charge < -0.3 is 11.5 Å². The Bertz CT molecular complexity index is 577. The molecule has 4 N–H and O–H groups in total. The lowest BCUT2D eigenvalue weighted by atomic mass is 9.86. The third kappa shape index (κ3) is 3.69. The van der Waals surface area contributed by atoms with Gasteiger partial charge in [-0.2, -0.15) is 0 Å². The van der Waals surface area contributed by atoms with Crippen molar-refractivity contribution in [1.29, 1.82) is 0 Å². The van der Waals surface area contributed by atoms with E-state index in [1.54, 1.807) is 0 Å². The van der Waals surface area contributed by atoms with E-state index in [1.165, 1.54) is 33.4 Å². The van der Waals surface area contributed by atoms with Crippen molar-refractivity contribution in [1.82, 2.24) is 0 Å². The molecule has 0 atom stereocenters. The Morgan fingerprint density at radius 3 is 1.04 bits per heavy atom. The fourth-order valence-electron chi connectivity index (χ4n) is 3.54. The summed E-state index contributed by atoms with van der Waals surface area (Å²) in [5.74, 6) is 0. The van der Waals surface area contributed by atoms with Crippen molar-refractivity contribution >= 4 is 11.4 Å². The summed E-state index contributed by atoms with van der Waals surface area (Å²) in [6.07, 6.45) is 5.06. The molecular weight excluding hydrogens is 280 g/mol. The van der Waals surface area contributed by atoms with Crippen molar-refractivity contribution in [3.05, 3.63) is 57.6 Å². The molecule has 0 aliphatic carbocycles. The van der Waals surface area contributed by atoms with Gasteiger partial charge in [-0.15, -0.1) is 0 Å². The van der Waals surface area contributed by atoms with Gasteiger partial charge in [-0.1, -0.05) is 27.7 Å². The zero-order valence-corrected chi connectivity index (χ0v) is 15.0. The summed E-state index contributed by atoms with van der Waals surface area (Å²) in [7, 11) is 0. The number of aryl methyl sites for hydroxylation is 4. The summed E-state index contributed by atoms with van der Waals surface area (Å²) in [5, 5.41) is 0. The Balaban J connectivity index is 2.59. The molecule has 23 heavy (non-hydrogen) atoms. The van der Waals surface area contributed by atoms with Gasteiger partial charge in [-0.05, 0) is 89.8 Å². The van der Waals surface area contributed by atoms with Crippen LogP contribution in [0.3, 0.4) is 0 Å². The lowest BCUT2D eigenvalue weighted by Crippen LogP contribution is -2.07. The van der Waals surface area contributed by atoms with Gasteiger partial charge in [0.15, 0.2) is 0 Å². The molecular formula is C21H30N2. The van der Waals surface area contributed by atoms with Crippen LogP contribution in [0.25, 0.3) is 0 Å². The summed E-state index contributed by atoms with van der Waals surface area (Å²) >= 11 is 0. The fraction of sp³-hybridized carbons (Fsp3) is 0.429. The van der Waals surface area contributed by atoms with Crippen LogP contribution in [0.4, 0.5) is 11.4 Å². The first kappa shape index (κ1) is 17.4. The Labute approximate surface area is 140 Å². The van der Waals surface area contributed by atoms with Crippen molar-refractivity contribution in [2.75, 3.05) is 11.5 Å². The molecule has 2 aromatic rings. The zero-order valence-electron chi connectivity index (χ0n) is 15.0. The van der Waals surface area contributed by atoms with Gasteiger partial charge in [-0.25, -0.2) is 0 Å². The highest BCUT2D eigenvalue weighted by Gasteiger charge is 2.14. The Morgan fingerprint density at radius 1 is 0.565 bits per heavy atom. The molecule has 0 saturated carbocycles. The number of nitrogen functional groups attached to an aromatic ring is 2. The minimum atomic E-state index is 0.881. The highest BCUT2D eigenvalue weighted by atomic mass is 14.5. The quantitative estimate of drug-likeness (QED) is 0.760. The summed E-state index contributed by atoms with van der Waals surface area (Å²) in [4.78, 5) is 0. The van der Waals surface area contributed by atoms with E-state index >= 15 is 0 Å².